The van der Waals surface area contributed by atoms with Crippen LogP contribution in [0.15, 0.2) is 46.2 Å². The summed E-state index contributed by atoms with van der Waals surface area (Å²) in [6.07, 6.45) is 0. The fraction of sp³-hybridized carbons (Fsp3) is 0. The summed E-state index contributed by atoms with van der Waals surface area (Å²) in [5.41, 5.74) is 0.521. The van der Waals surface area contributed by atoms with Crippen LogP contribution in [0.4, 0.5) is 4.39 Å². The maximum Gasteiger partial charge on any atom is 0.238 e. The maximum absolute atomic E-state index is 13.1. The van der Waals surface area contributed by atoms with Gasteiger partial charge in [-0.25, -0.2) is 4.39 Å². The lowest BCUT2D eigenvalue weighted by Crippen LogP contribution is -1.95. The van der Waals surface area contributed by atoms with Crippen molar-refractivity contribution < 1.29 is 13.6 Å². The highest BCUT2D eigenvalue weighted by atomic mass is 32.1. The molecule has 3 heterocycles. The lowest BCUT2D eigenvalue weighted by Gasteiger charge is -1.90. The summed E-state index contributed by atoms with van der Waals surface area (Å²) in [5.74, 6) is -0.247. The average molecular weight is 302 g/mol. The smallest absolute Gasteiger partial charge is 0.238 e. The van der Waals surface area contributed by atoms with Gasteiger partial charge in [0, 0.05) is 14.8 Å². The zero-order valence-corrected chi connectivity index (χ0v) is 11.7. The predicted molar refractivity (Wildman–Crippen MR) is 79.3 cm³/mol. The highest BCUT2D eigenvalue weighted by Crippen LogP contribution is 2.32. The quantitative estimate of drug-likeness (QED) is 0.483. The molecule has 0 bridgehead atoms. The van der Waals surface area contributed by atoms with Crippen molar-refractivity contribution in [1.29, 1.82) is 0 Å². The van der Waals surface area contributed by atoms with E-state index in [1.807, 2.05) is 17.5 Å². The van der Waals surface area contributed by atoms with E-state index in [4.69, 9.17) is 4.42 Å². The molecule has 5 heteroatoms. The number of halogens is 1. The Morgan fingerprint density at radius 2 is 2.00 bits per heavy atom. The Hall–Kier alpha value is -1.98. The largest absolute Gasteiger partial charge is 0.453 e. The first kappa shape index (κ1) is 11.8. The fourth-order valence-corrected chi connectivity index (χ4v) is 4.18. The van der Waals surface area contributed by atoms with Crippen LogP contribution in [-0.4, -0.2) is 5.78 Å². The normalized spacial score (nSPS) is 11.4. The minimum atomic E-state index is -0.339. The summed E-state index contributed by atoms with van der Waals surface area (Å²) >= 11 is 3.05. The number of furan rings is 1. The molecule has 2 nitrogen and oxygen atoms in total. The van der Waals surface area contributed by atoms with Gasteiger partial charge in [-0.3, -0.25) is 4.79 Å². The van der Waals surface area contributed by atoms with Gasteiger partial charge in [0.05, 0.1) is 4.88 Å². The van der Waals surface area contributed by atoms with Crippen LogP contribution in [0.1, 0.15) is 15.4 Å². The van der Waals surface area contributed by atoms with Crippen molar-refractivity contribution in [3.05, 3.63) is 58.2 Å². The molecule has 0 aliphatic carbocycles. The molecule has 4 rings (SSSR count). The number of ketones is 1. The zero-order valence-electron chi connectivity index (χ0n) is 10.1. The van der Waals surface area contributed by atoms with E-state index in [2.05, 4.69) is 0 Å². The third-order valence-corrected chi connectivity index (χ3v) is 5.16. The Bertz CT molecular complexity index is 917. The number of carbonyl (C=O) groups excluding carboxylic acids is 1. The number of benzene rings is 1. The number of hydrogen-bond donors (Lipinski definition) is 0. The van der Waals surface area contributed by atoms with Gasteiger partial charge < -0.3 is 4.42 Å². The van der Waals surface area contributed by atoms with E-state index in [1.165, 1.54) is 29.5 Å². The molecular weight excluding hydrogens is 295 g/mol. The minimum Gasteiger partial charge on any atom is -0.453 e. The molecule has 98 valence electrons. The third-order valence-electron chi connectivity index (χ3n) is 3.07. The molecule has 0 unspecified atom stereocenters. The standard InChI is InChI=1S/C15H7FO2S2/c16-9-1-2-10-8(5-9)6-11(18-10)15(17)14-7-13-12(20-14)3-4-19-13/h1-7H. The summed E-state index contributed by atoms with van der Waals surface area (Å²) in [5, 5.41) is 2.60. The van der Waals surface area contributed by atoms with Gasteiger partial charge >= 0.3 is 0 Å². The first-order valence-electron chi connectivity index (χ1n) is 5.91. The van der Waals surface area contributed by atoms with Crippen molar-refractivity contribution in [2.75, 3.05) is 0 Å². The minimum absolute atomic E-state index is 0.157. The highest BCUT2D eigenvalue weighted by molar-refractivity contribution is 7.28. The molecule has 3 aromatic heterocycles. The van der Waals surface area contributed by atoms with Gasteiger partial charge in [0.15, 0.2) is 5.76 Å². The third kappa shape index (κ3) is 1.78. The molecule has 1 aromatic carbocycles. The van der Waals surface area contributed by atoms with E-state index in [0.717, 1.165) is 9.40 Å². The van der Waals surface area contributed by atoms with E-state index >= 15 is 0 Å². The second-order valence-electron chi connectivity index (χ2n) is 4.38. The lowest BCUT2D eigenvalue weighted by molar-refractivity contribution is 0.101. The van der Waals surface area contributed by atoms with E-state index < -0.39 is 0 Å². The van der Waals surface area contributed by atoms with Crippen LogP contribution >= 0.6 is 22.7 Å². The second-order valence-corrected chi connectivity index (χ2v) is 6.41. The molecule has 0 N–H and O–H groups in total. The van der Waals surface area contributed by atoms with Crippen molar-refractivity contribution in [2.45, 2.75) is 0 Å². The van der Waals surface area contributed by atoms with Gasteiger partial charge in [-0.2, -0.15) is 0 Å². The summed E-state index contributed by atoms with van der Waals surface area (Å²) in [7, 11) is 0. The highest BCUT2D eigenvalue weighted by Gasteiger charge is 2.17. The van der Waals surface area contributed by atoms with Gasteiger partial charge in [-0.05, 0) is 41.8 Å². The summed E-state index contributed by atoms with van der Waals surface area (Å²) in [6.45, 7) is 0. The first-order valence-corrected chi connectivity index (χ1v) is 7.61. The van der Waals surface area contributed by atoms with Crippen molar-refractivity contribution in [3.63, 3.8) is 0 Å². The van der Waals surface area contributed by atoms with Crippen molar-refractivity contribution >= 4 is 48.8 Å². The van der Waals surface area contributed by atoms with E-state index in [0.29, 0.717) is 15.8 Å². The van der Waals surface area contributed by atoms with Crippen LogP contribution in [0.3, 0.4) is 0 Å². The maximum atomic E-state index is 13.1. The molecule has 0 saturated heterocycles. The molecule has 0 aliphatic heterocycles. The SMILES string of the molecule is O=C(c1cc2cc(F)ccc2o1)c1cc2sccc2s1. The van der Waals surface area contributed by atoms with Crippen LogP contribution in [-0.2, 0) is 0 Å². The molecular formula is C15H7FO2S2. The van der Waals surface area contributed by atoms with Crippen molar-refractivity contribution in [3.8, 4) is 0 Å². The molecule has 0 amide bonds. The Kier molecular flexibility index (Phi) is 2.52. The lowest BCUT2D eigenvalue weighted by atomic mass is 10.2. The summed E-state index contributed by atoms with van der Waals surface area (Å²) in [4.78, 5) is 13.0. The second kappa shape index (κ2) is 4.26. The van der Waals surface area contributed by atoms with Crippen LogP contribution in [0, 0.1) is 5.82 Å². The zero-order chi connectivity index (χ0) is 13.7. The predicted octanol–water partition coefficient (Wildman–Crippen LogP) is 5.08. The molecule has 0 spiro atoms. The van der Waals surface area contributed by atoms with Gasteiger partial charge in [0.2, 0.25) is 5.78 Å². The number of fused-ring (bicyclic) bond motifs is 2. The van der Waals surface area contributed by atoms with Gasteiger partial charge in [-0.15, -0.1) is 22.7 Å². The van der Waals surface area contributed by atoms with Gasteiger partial charge in [0.1, 0.15) is 11.4 Å². The number of thiophene rings is 2. The summed E-state index contributed by atoms with van der Waals surface area (Å²) in [6, 6.07) is 9.68. The Labute approximate surface area is 121 Å². The van der Waals surface area contributed by atoms with Crippen LogP contribution in [0.25, 0.3) is 20.4 Å². The van der Waals surface area contributed by atoms with Crippen molar-refractivity contribution in [1.82, 2.24) is 0 Å². The van der Waals surface area contributed by atoms with Gasteiger partial charge in [0.25, 0.3) is 0 Å². The molecule has 0 saturated carbocycles. The first-order chi connectivity index (χ1) is 9.70. The molecule has 0 aliphatic rings. The topological polar surface area (TPSA) is 30.2 Å². The number of carbonyl (C=O) groups is 1. The monoisotopic (exact) mass is 302 g/mol. The number of rotatable bonds is 2. The molecule has 0 radical (unpaired) electrons. The molecule has 0 fully saturated rings. The number of hydrogen-bond acceptors (Lipinski definition) is 4. The van der Waals surface area contributed by atoms with E-state index in [9.17, 15) is 9.18 Å². The fourth-order valence-electron chi connectivity index (χ4n) is 2.13. The van der Waals surface area contributed by atoms with Crippen LogP contribution < -0.4 is 0 Å². The van der Waals surface area contributed by atoms with Crippen LogP contribution in [0.5, 0.6) is 0 Å². The van der Waals surface area contributed by atoms with E-state index in [-0.39, 0.29) is 17.4 Å². The van der Waals surface area contributed by atoms with E-state index in [1.54, 1.807) is 17.4 Å². The van der Waals surface area contributed by atoms with Gasteiger partial charge in [-0.1, -0.05) is 0 Å². The summed E-state index contributed by atoms with van der Waals surface area (Å²) < 4.78 is 20.8. The Morgan fingerprint density at radius 3 is 2.85 bits per heavy atom. The van der Waals surface area contributed by atoms with Crippen LogP contribution in [0.2, 0.25) is 0 Å². The van der Waals surface area contributed by atoms with Crippen molar-refractivity contribution in [2.24, 2.45) is 0 Å². The molecule has 4 aromatic rings. The molecule has 0 atom stereocenters. The Balaban J connectivity index is 1.81. The molecule has 20 heavy (non-hydrogen) atoms. The average Bonchev–Trinajstić information content (AvgIpc) is 3.10. The Morgan fingerprint density at radius 1 is 1.10 bits per heavy atom.